The molecule has 2 aromatic carbocycles. The zero-order valence-electron chi connectivity index (χ0n) is 16.4. The molecule has 0 radical (unpaired) electrons. The number of quaternary nitrogens is 1. The second kappa shape index (κ2) is 9.56. The number of nitrogens with one attached hydrogen (secondary N) is 1. The van der Waals surface area contributed by atoms with Crippen LogP contribution in [0.1, 0.15) is 49.8 Å². The van der Waals surface area contributed by atoms with Crippen LogP contribution in [0.3, 0.4) is 0 Å². The highest BCUT2D eigenvalue weighted by molar-refractivity contribution is 5.77. The molecule has 0 unspecified atom stereocenters. The van der Waals surface area contributed by atoms with Crippen molar-refractivity contribution in [1.29, 1.82) is 0 Å². The lowest BCUT2D eigenvalue weighted by Gasteiger charge is -2.29. The molecule has 3 rings (SSSR count). The summed E-state index contributed by atoms with van der Waals surface area (Å²) >= 11 is 0. The average molecular weight is 368 g/mol. The Morgan fingerprint density at radius 3 is 2.41 bits per heavy atom. The number of amides is 1. The molecular weight excluding hydrogens is 336 g/mol. The van der Waals surface area contributed by atoms with E-state index in [1.165, 1.54) is 30.4 Å². The number of benzene rings is 2. The predicted molar refractivity (Wildman–Crippen MR) is 108 cm³/mol. The number of nitrogens with two attached hydrogens (primary N) is 1. The molecule has 1 aliphatic carbocycles. The van der Waals surface area contributed by atoms with Crippen molar-refractivity contribution >= 4 is 5.91 Å². The van der Waals surface area contributed by atoms with Crippen molar-refractivity contribution in [2.24, 2.45) is 5.92 Å². The monoisotopic (exact) mass is 367 g/mol. The Hall–Kier alpha value is -2.33. The van der Waals surface area contributed by atoms with Crippen molar-refractivity contribution in [1.82, 2.24) is 5.32 Å². The number of methoxy groups -OCH3 is 1. The summed E-state index contributed by atoms with van der Waals surface area (Å²) in [5, 5.41) is 5.38. The van der Waals surface area contributed by atoms with E-state index >= 15 is 0 Å². The van der Waals surface area contributed by atoms with Gasteiger partial charge in [-0.05, 0) is 43.0 Å². The molecule has 0 spiro atoms. The Bertz CT molecular complexity index is 715. The van der Waals surface area contributed by atoms with Crippen LogP contribution >= 0.6 is 0 Å². The molecular formula is C23H31N2O2+. The van der Waals surface area contributed by atoms with E-state index in [0.29, 0.717) is 18.5 Å². The van der Waals surface area contributed by atoms with E-state index in [1.807, 2.05) is 30.3 Å². The quantitative estimate of drug-likeness (QED) is 0.790. The third kappa shape index (κ3) is 5.33. The lowest BCUT2D eigenvalue weighted by molar-refractivity contribution is -0.676. The molecule has 3 atom stereocenters. The average Bonchev–Trinajstić information content (AvgIpc) is 2.71. The van der Waals surface area contributed by atoms with Gasteiger partial charge in [-0.2, -0.15) is 0 Å². The van der Waals surface area contributed by atoms with E-state index < -0.39 is 0 Å². The van der Waals surface area contributed by atoms with Gasteiger partial charge in [0.2, 0.25) is 0 Å². The van der Waals surface area contributed by atoms with Crippen LogP contribution in [-0.4, -0.2) is 25.6 Å². The number of carbonyl (C=O) groups excluding carboxylic acids is 1. The van der Waals surface area contributed by atoms with Crippen LogP contribution in [0.15, 0.2) is 54.6 Å². The van der Waals surface area contributed by atoms with E-state index in [-0.39, 0.29) is 11.9 Å². The number of carbonyl (C=O) groups is 1. The minimum Gasteiger partial charge on any atom is -0.497 e. The van der Waals surface area contributed by atoms with Crippen LogP contribution in [0.4, 0.5) is 0 Å². The molecule has 1 fully saturated rings. The fraction of sp³-hybridized carbons (Fsp3) is 0.435. The fourth-order valence-corrected chi connectivity index (χ4v) is 3.96. The highest BCUT2D eigenvalue weighted by Gasteiger charge is 2.24. The first-order valence-corrected chi connectivity index (χ1v) is 9.99. The van der Waals surface area contributed by atoms with Crippen LogP contribution < -0.4 is 15.4 Å². The summed E-state index contributed by atoms with van der Waals surface area (Å²) in [7, 11) is 1.67. The van der Waals surface area contributed by atoms with Gasteiger partial charge in [0.1, 0.15) is 11.8 Å². The number of rotatable bonds is 7. The summed E-state index contributed by atoms with van der Waals surface area (Å²) in [4.78, 5) is 12.6. The third-order valence-electron chi connectivity index (χ3n) is 5.63. The molecule has 0 heterocycles. The van der Waals surface area contributed by atoms with Gasteiger partial charge >= 0.3 is 0 Å². The minimum absolute atomic E-state index is 0.0895. The molecule has 0 aromatic heterocycles. The molecule has 27 heavy (non-hydrogen) atoms. The SMILES string of the molecule is COc1ccc([C@@H]([NH2+]CC(=O)N[C@H]2CCCC[C@@H]2C)c2ccccc2)cc1. The van der Waals surface area contributed by atoms with Gasteiger partial charge < -0.3 is 15.4 Å². The lowest BCUT2D eigenvalue weighted by atomic mass is 9.86. The van der Waals surface area contributed by atoms with E-state index in [0.717, 1.165) is 12.2 Å². The van der Waals surface area contributed by atoms with Gasteiger partial charge in [-0.15, -0.1) is 0 Å². The van der Waals surface area contributed by atoms with Crippen LogP contribution in [0.25, 0.3) is 0 Å². The summed E-state index contributed by atoms with van der Waals surface area (Å²) in [6, 6.07) is 18.9. The van der Waals surface area contributed by atoms with Crippen molar-refractivity contribution in [2.75, 3.05) is 13.7 Å². The van der Waals surface area contributed by atoms with Gasteiger partial charge in [-0.1, -0.05) is 50.1 Å². The van der Waals surface area contributed by atoms with Gasteiger partial charge in [0.25, 0.3) is 5.91 Å². The largest absolute Gasteiger partial charge is 0.497 e. The molecule has 1 saturated carbocycles. The van der Waals surface area contributed by atoms with Crippen LogP contribution in [0.2, 0.25) is 0 Å². The molecule has 0 aliphatic heterocycles. The topological polar surface area (TPSA) is 54.9 Å². The molecule has 3 N–H and O–H groups in total. The van der Waals surface area contributed by atoms with E-state index in [9.17, 15) is 4.79 Å². The van der Waals surface area contributed by atoms with E-state index in [1.54, 1.807) is 7.11 Å². The van der Waals surface area contributed by atoms with Crippen molar-refractivity contribution in [3.63, 3.8) is 0 Å². The van der Waals surface area contributed by atoms with Crippen molar-refractivity contribution in [3.8, 4) is 5.75 Å². The van der Waals surface area contributed by atoms with Crippen LogP contribution in [-0.2, 0) is 4.79 Å². The highest BCUT2D eigenvalue weighted by Crippen LogP contribution is 2.24. The molecule has 4 heteroatoms. The maximum Gasteiger partial charge on any atom is 0.275 e. The Labute approximate surface area is 162 Å². The maximum atomic E-state index is 12.6. The zero-order valence-corrected chi connectivity index (χ0v) is 16.4. The summed E-state index contributed by atoms with van der Waals surface area (Å²) in [5.74, 6) is 1.55. The van der Waals surface area contributed by atoms with Gasteiger partial charge in [-0.3, -0.25) is 4.79 Å². The second-order valence-electron chi connectivity index (χ2n) is 7.54. The third-order valence-corrected chi connectivity index (χ3v) is 5.63. The van der Waals surface area contributed by atoms with E-state index in [2.05, 4.69) is 41.8 Å². The Morgan fingerprint density at radius 2 is 1.74 bits per heavy atom. The first kappa shape index (κ1) is 19.4. The standard InChI is InChI=1S/C23H30N2O2/c1-17-8-6-7-11-21(17)25-22(26)16-24-23(18-9-4-3-5-10-18)19-12-14-20(27-2)15-13-19/h3-5,9-10,12-15,17,21,23-24H,6-8,11,16H2,1-2H3,(H,25,26)/p+1/t17-,21-,23-/m0/s1. The highest BCUT2D eigenvalue weighted by atomic mass is 16.5. The summed E-state index contributed by atoms with van der Waals surface area (Å²) in [6.07, 6.45) is 4.82. The van der Waals surface area contributed by atoms with Gasteiger partial charge in [-0.25, -0.2) is 0 Å². The summed E-state index contributed by atoms with van der Waals surface area (Å²) in [6.45, 7) is 2.67. The molecule has 2 aromatic rings. The zero-order chi connectivity index (χ0) is 19.1. The number of hydrogen-bond acceptors (Lipinski definition) is 2. The fourth-order valence-electron chi connectivity index (χ4n) is 3.96. The Morgan fingerprint density at radius 1 is 1.07 bits per heavy atom. The number of hydrogen-bond donors (Lipinski definition) is 2. The van der Waals surface area contributed by atoms with Gasteiger partial charge in [0.15, 0.2) is 6.54 Å². The van der Waals surface area contributed by atoms with Crippen LogP contribution in [0.5, 0.6) is 5.75 Å². The molecule has 4 nitrogen and oxygen atoms in total. The lowest BCUT2D eigenvalue weighted by Crippen LogP contribution is -2.88. The van der Waals surface area contributed by atoms with Crippen LogP contribution in [0, 0.1) is 5.92 Å². The Kier molecular flexibility index (Phi) is 6.88. The molecule has 0 saturated heterocycles. The first-order chi connectivity index (χ1) is 13.2. The number of ether oxygens (including phenoxy) is 1. The van der Waals surface area contributed by atoms with Crippen molar-refractivity contribution in [2.45, 2.75) is 44.7 Å². The summed E-state index contributed by atoms with van der Waals surface area (Å²) < 4.78 is 5.27. The van der Waals surface area contributed by atoms with E-state index in [4.69, 9.17) is 4.74 Å². The smallest absolute Gasteiger partial charge is 0.275 e. The molecule has 0 bridgehead atoms. The van der Waals surface area contributed by atoms with Gasteiger partial charge in [0, 0.05) is 17.2 Å². The van der Waals surface area contributed by atoms with Crippen molar-refractivity contribution < 1.29 is 14.8 Å². The Balaban J connectivity index is 1.67. The minimum atomic E-state index is 0.0895. The molecule has 1 aliphatic rings. The van der Waals surface area contributed by atoms with Gasteiger partial charge in [0.05, 0.1) is 7.11 Å². The van der Waals surface area contributed by atoms with Crippen molar-refractivity contribution in [3.05, 3.63) is 65.7 Å². The predicted octanol–water partition coefficient (Wildman–Crippen LogP) is 3.04. The maximum absolute atomic E-state index is 12.6. The summed E-state index contributed by atoms with van der Waals surface area (Å²) in [5.41, 5.74) is 2.36. The first-order valence-electron chi connectivity index (χ1n) is 9.99. The second-order valence-corrected chi connectivity index (χ2v) is 7.54. The molecule has 1 amide bonds. The normalized spacial score (nSPS) is 20.7. The molecule has 144 valence electrons.